The summed E-state index contributed by atoms with van der Waals surface area (Å²) in [7, 11) is 0. The van der Waals surface area contributed by atoms with Gasteiger partial charge in [0.05, 0.1) is 17.8 Å². The quantitative estimate of drug-likeness (QED) is 0.880. The van der Waals surface area contributed by atoms with Crippen LogP contribution in [0.4, 0.5) is 0 Å². The van der Waals surface area contributed by atoms with E-state index >= 15 is 0 Å². The van der Waals surface area contributed by atoms with Crippen LogP contribution in [0.2, 0.25) is 0 Å². The third-order valence-corrected chi connectivity index (χ3v) is 3.99. The van der Waals surface area contributed by atoms with E-state index in [-0.39, 0.29) is 12.2 Å². The molecule has 0 bridgehead atoms. The second kappa shape index (κ2) is 4.86. The van der Waals surface area contributed by atoms with Crippen LogP contribution in [0.5, 0.6) is 0 Å². The molecule has 2 unspecified atom stereocenters. The molecule has 1 fully saturated rings. The minimum atomic E-state index is -0.529. The fourth-order valence-electron chi connectivity index (χ4n) is 2.66. The molecule has 1 saturated heterocycles. The lowest BCUT2D eigenvalue weighted by atomic mass is 9.83. The second-order valence-electron chi connectivity index (χ2n) is 5.02. The molecule has 0 radical (unpaired) electrons. The summed E-state index contributed by atoms with van der Waals surface area (Å²) in [5, 5.41) is 14.8. The Morgan fingerprint density at radius 1 is 1.44 bits per heavy atom. The molecule has 16 heavy (non-hydrogen) atoms. The van der Waals surface area contributed by atoms with E-state index in [2.05, 4.69) is 16.8 Å². The van der Waals surface area contributed by atoms with E-state index in [9.17, 15) is 5.11 Å². The SMILES string of the molecule is CC1CC(O)(CCc2ccsc2)CC(C)O1. The highest BCUT2D eigenvalue weighted by Crippen LogP contribution is 2.32. The van der Waals surface area contributed by atoms with Gasteiger partial charge in [0.25, 0.3) is 0 Å². The highest BCUT2D eigenvalue weighted by molar-refractivity contribution is 7.07. The Bertz CT molecular complexity index is 311. The minimum Gasteiger partial charge on any atom is -0.390 e. The van der Waals surface area contributed by atoms with E-state index in [0.29, 0.717) is 0 Å². The smallest absolute Gasteiger partial charge is 0.0700 e. The van der Waals surface area contributed by atoms with Gasteiger partial charge in [0, 0.05) is 12.8 Å². The molecule has 1 aliphatic heterocycles. The molecular weight excluding hydrogens is 220 g/mol. The van der Waals surface area contributed by atoms with Crippen molar-refractivity contribution in [2.24, 2.45) is 0 Å². The first kappa shape index (κ1) is 12.1. The lowest BCUT2D eigenvalue weighted by Crippen LogP contribution is -2.43. The van der Waals surface area contributed by atoms with Crippen LogP contribution >= 0.6 is 11.3 Å². The summed E-state index contributed by atoms with van der Waals surface area (Å²) < 4.78 is 5.66. The topological polar surface area (TPSA) is 29.5 Å². The Hall–Kier alpha value is -0.380. The fourth-order valence-corrected chi connectivity index (χ4v) is 3.37. The molecule has 90 valence electrons. The average molecular weight is 240 g/mol. The molecule has 1 N–H and O–H groups in total. The van der Waals surface area contributed by atoms with Gasteiger partial charge in [-0.15, -0.1) is 0 Å². The highest BCUT2D eigenvalue weighted by atomic mass is 32.1. The molecular formula is C13H20O2S. The van der Waals surface area contributed by atoms with Crippen molar-refractivity contribution in [1.29, 1.82) is 0 Å². The van der Waals surface area contributed by atoms with Crippen LogP contribution in [0.3, 0.4) is 0 Å². The summed E-state index contributed by atoms with van der Waals surface area (Å²) in [5.74, 6) is 0. The van der Waals surface area contributed by atoms with Gasteiger partial charge in [-0.1, -0.05) is 0 Å². The maximum absolute atomic E-state index is 10.5. The molecule has 1 aliphatic rings. The predicted octanol–water partition coefficient (Wildman–Crippen LogP) is 3.00. The highest BCUT2D eigenvalue weighted by Gasteiger charge is 2.36. The van der Waals surface area contributed by atoms with Crippen molar-refractivity contribution in [2.75, 3.05) is 0 Å². The third-order valence-electron chi connectivity index (χ3n) is 3.26. The summed E-state index contributed by atoms with van der Waals surface area (Å²) in [6.45, 7) is 4.09. The largest absolute Gasteiger partial charge is 0.390 e. The Kier molecular flexibility index (Phi) is 3.67. The van der Waals surface area contributed by atoms with Gasteiger partial charge < -0.3 is 9.84 Å². The monoisotopic (exact) mass is 240 g/mol. The first-order valence-corrected chi connectivity index (χ1v) is 6.91. The van der Waals surface area contributed by atoms with E-state index in [1.807, 2.05) is 13.8 Å². The Balaban J connectivity index is 1.91. The number of hydrogen-bond acceptors (Lipinski definition) is 3. The van der Waals surface area contributed by atoms with Gasteiger partial charge in [0.1, 0.15) is 0 Å². The minimum absolute atomic E-state index is 0.177. The zero-order chi connectivity index (χ0) is 11.6. The summed E-state index contributed by atoms with van der Waals surface area (Å²) in [6.07, 6.45) is 3.71. The van der Waals surface area contributed by atoms with Crippen molar-refractivity contribution in [3.63, 3.8) is 0 Å². The van der Waals surface area contributed by atoms with Gasteiger partial charge in [-0.2, -0.15) is 11.3 Å². The molecule has 0 aliphatic carbocycles. The summed E-state index contributed by atoms with van der Waals surface area (Å²) >= 11 is 1.72. The van der Waals surface area contributed by atoms with Crippen LogP contribution in [0.25, 0.3) is 0 Å². The van der Waals surface area contributed by atoms with Gasteiger partial charge >= 0.3 is 0 Å². The second-order valence-corrected chi connectivity index (χ2v) is 5.80. The lowest BCUT2D eigenvalue weighted by Gasteiger charge is -2.39. The van der Waals surface area contributed by atoms with Crippen molar-refractivity contribution in [2.45, 2.75) is 57.3 Å². The summed E-state index contributed by atoms with van der Waals surface area (Å²) in [5.41, 5.74) is 0.809. The normalized spacial score (nSPS) is 35.2. The number of thiophene rings is 1. The molecule has 0 spiro atoms. The molecule has 1 aromatic heterocycles. The van der Waals surface area contributed by atoms with Crippen LogP contribution in [-0.2, 0) is 11.2 Å². The maximum atomic E-state index is 10.5. The average Bonchev–Trinajstić information content (AvgIpc) is 2.64. The van der Waals surface area contributed by atoms with Gasteiger partial charge in [-0.05, 0) is 49.1 Å². The Morgan fingerprint density at radius 2 is 2.12 bits per heavy atom. The number of rotatable bonds is 3. The maximum Gasteiger partial charge on any atom is 0.0700 e. The van der Waals surface area contributed by atoms with Crippen molar-refractivity contribution < 1.29 is 9.84 Å². The van der Waals surface area contributed by atoms with E-state index in [1.54, 1.807) is 11.3 Å². The fraction of sp³-hybridized carbons (Fsp3) is 0.692. The number of ether oxygens (including phenoxy) is 1. The van der Waals surface area contributed by atoms with Crippen molar-refractivity contribution in [3.05, 3.63) is 22.4 Å². The van der Waals surface area contributed by atoms with Crippen molar-refractivity contribution in [3.8, 4) is 0 Å². The molecule has 0 saturated carbocycles. The van der Waals surface area contributed by atoms with Crippen LogP contribution in [0, 0.1) is 0 Å². The van der Waals surface area contributed by atoms with Crippen molar-refractivity contribution in [1.82, 2.24) is 0 Å². The summed E-state index contributed by atoms with van der Waals surface area (Å²) in [6, 6.07) is 2.14. The zero-order valence-corrected chi connectivity index (χ0v) is 10.8. The van der Waals surface area contributed by atoms with E-state index in [0.717, 1.165) is 25.7 Å². The van der Waals surface area contributed by atoms with Gasteiger partial charge in [0.2, 0.25) is 0 Å². The Labute approximate surface area is 101 Å². The van der Waals surface area contributed by atoms with E-state index < -0.39 is 5.60 Å². The molecule has 0 amide bonds. The molecule has 1 aromatic rings. The third kappa shape index (κ3) is 3.06. The lowest BCUT2D eigenvalue weighted by molar-refractivity contribution is -0.134. The van der Waals surface area contributed by atoms with Crippen LogP contribution in [0.1, 0.15) is 38.7 Å². The van der Waals surface area contributed by atoms with E-state index in [1.165, 1.54) is 5.56 Å². The van der Waals surface area contributed by atoms with Gasteiger partial charge in [-0.3, -0.25) is 0 Å². The van der Waals surface area contributed by atoms with Gasteiger partial charge in [0.15, 0.2) is 0 Å². The van der Waals surface area contributed by atoms with Crippen LogP contribution < -0.4 is 0 Å². The standard InChI is InChI=1S/C13H20O2S/c1-10-7-13(14,8-11(2)15-10)5-3-12-4-6-16-9-12/h4,6,9-11,14H,3,5,7-8H2,1-2H3. The van der Waals surface area contributed by atoms with Crippen LogP contribution in [0.15, 0.2) is 16.8 Å². The van der Waals surface area contributed by atoms with Crippen LogP contribution in [-0.4, -0.2) is 22.9 Å². The predicted molar refractivity (Wildman–Crippen MR) is 66.8 cm³/mol. The van der Waals surface area contributed by atoms with E-state index in [4.69, 9.17) is 4.74 Å². The molecule has 2 atom stereocenters. The van der Waals surface area contributed by atoms with Crippen molar-refractivity contribution >= 4 is 11.3 Å². The molecule has 3 heteroatoms. The first-order valence-electron chi connectivity index (χ1n) is 5.96. The summed E-state index contributed by atoms with van der Waals surface area (Å²) in [4.78, 5) is 0. The number of aryl methyl sites for hydroxylation is 1. The molecule has 2 nitrogen and oxygen atoms in total. The Morgan fingerprint density at radius 3 is 2.69 bits per heavy atom. The zero-order valence-electron chi connectivity index (χ0n) is 9.98. The molecule has 0 aromatic carbocycles. The molecule has 2 heterocycles. The number of hydrogen-bond donors (Lipinski definition) is 1. The first-order chi connectivity index (χ1) is 7.57. The molecule has 2 rings (SSSR count). The van der Waals surface area contributed by atoms with Gasteiger partial charge in [-0.25, -0.2) is 0 Å². The number of aliphatic hydroxyl groups is 1.